The minimum atomic E-state index is -1.18. The van der Waals surface area contributed by atoms with Gasteiger partial charge in [-0.25, -0.2) is 14.6 Å². The molecule has 0 spiro atoms. The number of amides is 3. The number of benzene rings is 1. The van der Waals surface area contributed by atoms with E-state index in [1.807, 2.05) is 34.6 Å². The second kappa shape index (κ2) is 16.8. The first-order valence-corrected chi connectivity index (χ1v) is 19.8. The lowest BCUT2D eigenvalue weighted by Gasteiger charge is -2.35. The third-order valence-corrected chi connectivity index (χ3v) is 11.9. The number of hydrogen-bond acceptors (Lipinski definition) is 12. The molecule has 0 radical (unpaired) electrons. The van der Waals surface area contributed by atoms with Gasteiger partial charge in [-0.15, -0.1) is 0 Å². The molecule has 2 aromatic rings. The normalized spacial score (nSPS) is 27.0. The molecule has 16 heteroatoms. The van der Waals surface area contributed by atoms with Crippen LogP contribution in [0.5, 0.6) is 17.4 Å². The van der Waals surface area contributed by atoms with Gasteiger partial charge in [-0.3, -0.25) is 9.59 Å². The zero-order chi connectivity index (χ0) is 40.5. The number of likely N-dealkylation sites (tertiary alicyclic amines) is 1. The Morgan fingerprint density at radius 1 is 0.982 bits per heavy atom. The van der Waals surface area contributed by atoms with Gasteiger partial charge in [0.05, 0.1) is 20.3 Å². The molecule has 6 rings (SSSR count). The summed E-state index contributed by atoms with van der Waals surface area (Å²) in [6.07, 6.45) is 1.82. The van der Waals surface area contributed by atoms with Gasteiger partial charge in [0.1, 0.15) is 58.5 Å². The van der Waals surface area contributed by atoms with E-state index in [4.69, 9.17) is 44.8 Å². The van der Waals surface area contributed by atoms with Crippen LogP contribution >= 0.6 is 11.6 Å². The van der Waals surface area contributed by atoms with Crippen LogP contribution in [0, 0.1) is 23.2 Å². The predicted octanol–water partition coefficient (Wildman–Crippen LogP) is 5.03. The first-order chi connectivity index (χ1) is 26.7. The highest BCUT2D eigenvalue weighted by Gasteiger charge is 2.62. The summed E-state index contributed by atoms with van der Waals surface area (Å²) in [5.41, 5.74) is -1.59. The smallest absolute Gasteiger partial charge is 0.408 e. The van der Waals surface area contributed by atoms with Crippen molar-refractivity contribution in [1.29, 1.82) is 0 Å². The number of methoxy groups -OCH3 is 3. The molecule has 56 heavy (non-hydrogen) atoms. The number of carbonyl (C=O) groups is 4. The minimum Gasteiger partial charge on any atom is -0.488 e. The third-order valence-electron chi connectivity index (χ3n) is 11.5. The van der Waals surface area contributed by atoms with Crippen LogP contribution in [0.25, 0.3) is 10.9 Å². The topological polar surface area (TPSA) is 173 Å². The van der Waals surface area contributed by atoms with Crippen LogP contribution in [-0.4, -0.2) is 111 Å². The number of fused-ring (bicyclic) bond motifs is 2. The summed E-state index contributed by atoms with van der Waals surface area (Å²) in [7, 11) is 4.29. The molecule has 3 amide bonds. The van der Waals surface area contributed by atoms with Gasteiger partial charge in [0.2, 0.25) is 17.7 Å². The van der Waals surface area contributed by atoms with Gasteiger partial charge in [-0.1, -0.05) is 45.7 Å². The number of hydrogen-bond donors (Lipinski definition) is 2. The van der Waals surface area contributed by atoms with Crippen molar-refractivity contribution in [2.45, 2.75) is 109 Å². The molecule has 1 aromatic carbocycles. The van der Waals surface area contributed by atoms with Crippen molar-refractivity contribution in [3.05, 3.63) is 23.2 Å². The Bertz CT molecular complexity index is 1790. The second-order valence-electron chi connectivity index (χ2n) is 16.3. The number of rotatable bonds is 16. The maximum Gasteiger partial charge on any atom is 0.408 e. The second-order valence-corrected chi connectivity index (χ2v) is 16.7. The molecular formula is C40H55ClN4O11. The van der Waals surface area contributed by atoms with E-state index in [0.717, 1.165) is 12.8 Å². The Morgan fingerprint density at radius 3 is 2.30 bits per heavy atom. The average Bonchev–Trinajstić information content (AvgIpc) is 3.97. The van der Waals surface area contributed by atoms with Gasteiger partial charge in [0.15, 0.2) is 6.29 Å². The number of nitrogens with one attached hydrogen (secondary N) is 2. The monoisotopic (exact) mass is 802 g/mol. The third kappa shape index (κ3) is 8.74. The predicted molar refractivity (Wildman–Crippen MR) is 205 cm³/mol. The van der Waals surface area contributed by atoms with E-state index in [2.05, 4.69) is 15.6 Å². The number of carbonyl (C=O) groups excluding carboxylic acids is 4. The highest BCUT2D eigenvalue weighted by Crippen LogP contribution is 2.52. The summed E-state index contributed by atoms with van der Waals surface area (Å²) >= 11 is 6.84. The standard InChI is InChI=1S/C40H55ClN4O11/c1-9-23-18-40(23,37(48)52-8)44-35(46)27-16-25(19-45(27)36(47)34(39(3,4)5)43-38(49)56-24-14-21-13-22(21)15-24)55-29-17-30(53-10-2)42-33-26(29)11-12-28(32(33)41)54-20-31(50-6)51-7/h11-12,17,21-25,27,31,34H,9-10,13-16,18-20H2,1-8H3,(H,43,49)(H,44,46)/t21-,22+,23-,24?,25-,27+,34-,40-/m1/s1. The Hall–Kier alpha value is -4.08. The summed E-state index contributed by atoms with van der Waals surface area (Å²) in [4.78, 5) is 61.2. The highest BCUT2D eigenvalue weighted by atomic mass is 35.5. The zero-order valence-corrected chi connectivity index (χ0v) is 34.2. The lowest BCUT2D eigenvalue weighted by atomic mass is 9.85. The fourth-order valence-electron chi connectivity index (χ4n) is 8.20. The molecule has 1 saturated heterocycles. The maximum atomic E-state index is 14.7. The molecular weight excluding hydrogens is 748 g/mol. The number of aromatic nitrogens is 1. The lowest BCUT2D eigenvalue weighted by Crippen LogP contribution is -2.59. The fourth-order valence-corrected chi connectivity index (χ4v) is 8.46. The van der Waals surface area contributed by atoms with Gasteiger partial charge in [-0.2, -0.15) is 0 Å². The lowest BCUT2D eigenvalue weighted by molar-refractivity contribution is -0.148. The SMILES string of the molecule is CCOc1cc(O[C@@H]2C[C@@H](C(=O)N[C@]3(C(=O)OC)C[C@H]3CC)N(C(=O)[C@@H](NC(=O)OC3C[C@@H]4C[C@@H]4C3)C(C)(C)C)C2)c2ccc(OCC(OC)OC)c(Cl)c2n1. The molecule has 308 valence electrons. The molecule has 4 fully saturated rings. The van der Waals surface area contributed by atoms with Crippen molar-refractivity contribution in [3.63, 3.8) is 0 Å². The van der Waals surface area contributed by atoms with Crippen molar-refractivity contribution in [2.75, 3.05) is 41.1 Å². The number of esters is 1. The van der Waals surface area contributed by atoms with Gasteiger partial charge in [0, 0.05) is 32.1 Å². The van der Waals surface area contributed by atoms with Crippen molar-refractivity contribution in [1.82, 2.24) is 20.5 Å². The first kappa shape index (κ1) is 41.6. The van der Waals surface area contributed by atoms with Crippen LogP contribution in [0.4, 0.5) is 4.79 Å². The van der Waals surface area contributed by atoms with Crippen LogP contribution in [0.1, 0.15) is 73.1 Å². The molecule has 3 saturated carbocycles. The van der Waals surface area contributed by atoms with E-state index in [9.17, 15) is 19.2 Å². The van der Waals surface area contributed by atoms with Gasteiger partial charge in [0.25, 0.3) is 0 Å². The minimum absolute atomic E-state index is 0.00716. The van der Waals surface area contributed by atoms with Crippen molar-refractivity contribution < 1.29 is 52.3 Å². The zero-order valence-electron chi connectivity index (χ0n) is 33.5. The number of alkyl carbamates (subject to hydrolysis) is 1. The Balaban J connectivity index is 1.29. The number of pyridine rings is 1. The van der Waals surface area contributed by atoms with Crippen LogP contribution in [-0.2, 0) is 33.3 Å². The molecule has 2 N–H and O–H groups in total. The molecule has 3 aliphatic carbocycles. The van der Waals surface area contributed by atoms with Gasteiger partial charge >= 0.3 is 12.1 Å². The van der Waals surface area contributed by atoms with E-state index < -0.39 is 59.3 Å². The number of nitrogens with zero attached hydrogens (tertiary/aromatic N) is 2. The van der Waals surface area contributed by atoms with E-state index in [1.54, 1.807) is 18.2 Å². The van der Waals surface area contributed by atoms with Gasteiger partial charge < -0.3 is 48.7 Å². The number of halogens is 1. The van der Waals surface area contributed by atoms with Crippen molar-refractivity contribution in [3.8, 4) is 17.4 Å². The molecule has 2 heterocycles. The van der Waals surface area contributed by atoms with Crippen LogP contribution < -0.4 is 24.8 Å². The van der Waals surface area contributed by atoms with Gasteiger partial charge in [-0.05, 0) is 67.9 Å². The summed E-state index contributed by atoms with van der Waals surface area (Å²) in [6, 6.07) is 2.98. The summed E-state index contributed by atoms with van der Waals surface area (Å²) in [5, 5.41) is 6.54. The first-order valence-electron chi connectivity index (χ1n) is 19.4. The Kier molecular flexibility index (Phi) is 12.5. The van der Waals surface area contributed by atoms with E-state index in [0.29, 0.717) is 53.7 Å². The average molecular weight is 803 g/mol. The molecule has 1 aromatic heterocycles. The molecule has 4 aliphatic rings. The van der Waals surface area contributed by atoms with E-state index >= 15 is 0 Å². The fraction of sp³-hybridized carbons (Fsp3) is 0.675. The Morgan fingerprint density at radius 2 is 1.70 bits per heavy atom. The quantitative estimate of drug-likeness (QED) is 0.172. The molecule has 0 bridgehead atoms. The van der Waals surface area contributed by atoms with Crippen molar-refractivity contribution >= 4 is 46.4 Å². The Labute approximate surface area is 332 Å². The van der Waals surface area contributed by atoms with Crippen LogP contribution in [0.3, 0.4) is 0 Å². The van der Waals surface area contributed by atoms with Crippen LogP contribution in [0.2, 0.25) is 5.02 Å². The summed E-state index contributed by atoms with van der Waals surface area (Å²) in [5.74, 6) is 0.535. The maximum absolute atomic E-state index is 14.7. The summed E-state index contributed by atoms with van der Waals surface area (Å²) in [6.45, 7) is 9.66. The molecule has 1 unspecified atom stereocenters. The van der Waals surface area contributed by atoms with E-state index in [-0.39, 0.29) is 42.5 Å². The number of ether oxygens (including phenoxy) is 7. The molecule has 15 nitrogen and oxygen atoms in total. The molecule has 8 atom stereocenters. The van der Waals surface area contributed by atoms with Crippen LogP contribution in [0.15, 0.2) is 18.2 Å². The summed E-state index contributed by atoms with van der Waals surface area (Å²) < 4.78 is 39.6. The van der Waals surface area contributed by atoms with E-state index in [1.165, 1.54) is 32.7 Å². The van der Waals surface area contributed by atoms with Crippen molar-refractivity contribution in [2.24, 2.45) is 23.2 Å². The largest absolute Gasteiger partial charge is 0.488 e. The molecule has 1 aliphatic heterocycles. The highest BCUT2D eigenvalue weighted by molar-refractivity contribution is 6.36.